The lowest BCUT2D eigenvalue weighted by Crippen LogP contribution is -2.34. The van der Waals surface area contributed by atoms with Gasteiger partial charge in [-0.15, -0.1) is 0 Å². The molecule has 1 aromatic rings. The minimum absolute atomic E-state index is 0.0727. The van der Waals surface area contributed by atoms with Gasteiger partial charge in [0.05, 0.1) is 12.8 Å². The van der Waals surface area contributed by atoms with Gasteiger partial charge in [0.2, 0.25) is 5.91 Å². The zero-order chi connectivity index (χ0) is 21.2. The van der Waals surface area contributed by atoms with Gasteiger partial charge in [0, 0.05) is 17.0 Å². The van der Waals surface area contributed by atoms with Crippen LogP contribution < -0.4 is 10.7 Å². The van der Waals surface area contributed by atoms with E-state index in [-0.39, 0.29) is 18.4 Å². The number of hydrazone groups is 1. The van der Waals surface area contributed by atoms with Crippen molar-refractivity contribution in [3.8, 4) is 0 Å². The van der Waals surface area contributed by atoms with Gasteiger partial charge in [-0.25, -0.2) is 5.43 Å². The lowest BCUT2D eigenvalue weighted by atomic mass is 10.1. The number of nitrogens with zero attached hydrogens (tertiary/aromatic N) is 1. The zero-order valence-electron chi connectivity index (χ0n) is 17.7. The molecule has 0 spiro atoms. The molecule has 0 saturated heterocycles. The molecule has 0 saturated carbocycles. The van der Waals surface area contributed by atoms with Crippen LogP contribution in [-0.2, 0) is 9.59 Å². The van der Waals surface area contributed by atoms with E-state index in [1.807, 2.05) is 12.1 Å². The fraction of sp³-hybridized carbons (Fsp3) is 0.609. The summed E-state index contributed by atoms with van der Waals surface area (Å²) in [4.78, 5) is 23.5. The second-order valence-corrected chi connectivity index (χ2v) is 7.78. The maximum atomic E-state index is 11.8. The molecule has 0 fully saturated rings. The van der Waals surface area contributed by atoms with Crippen LogP contribution in [0, 0.1) is 0 Å². The quantitative estimate of drug-likeness (QED) is 0.207. The second-order valence-electron chi connectivity index (χ2n) is 7.38. The van der Waals surface area contributed by atoms with Gasteiger partial charge < -0.3 is 5.32 Å². The Morgan fingerprint density at radius 2 is 1.48 bits per heavy atom. The summed E-state index contributed by atoms with van der Waals surface area (Å²) in [6.07, 6.45) is 15.7. The highest BCUT2D eigenvalue weighted by molar-refractivity contribution is 6.33. The Morgan fingerprint density at radius 3 is 2.10 bits per heavy atom. The van der Waals surface area contributed by atoms with Gasteiger partial charge in [0.15, 0.2) is 0 Å². The Bertz CT molecular complexity index is 620. The molecule has 162 valence electrons. The number of benzene rings is 1. The molecule has 0 unspecified atom stereocenters. The van der Waals surface area contributed by atoms with Crippen molar-refractivity contribution in [1.29, 1.82) is 0 Å². The number of nitrogens with one attached hydrogen (secondary N) is 2. The lowest BCUT2D eigenvalue weighted by molar-refractivity contribution is -0.126. The van der Waals surface area contributed by atoms with Crippen molar-refractivity contribution in [2.24, 2.45) is 5.10 Å². The summed E-state index contributed by atoms with van der Waals surface area (Å²) in [6.45, 7) is 2.17. The van der Waals surface area contributed by atoms with Crippen LogP contribution in [0.4, 0.5) is 0 Å². The van der Waals surface area contributed by atoms with Crippen LogP contribution in [0.1, 0.15) is 89.5 Å². The first kappa shape index (κ1) is 25.2. The molecule has 5 nitrogen and oxygen atoms in total. The molecule has 2 N–H and O–H groups in total. The van der Waals surface area contributed by atoms with E-state index in [0.717, 1.165) is 18.4 Å². The van der Waals surface area contributed by atoms with Crippen LogP contribution in [0.15, 0.2) is 29.4 Å². The molecule has 6 heteroatoms. The SMILES string of the molecule is CCCCCCCCCCCCCC(=O)NCC(=O)N/N=C\c1ccccc1Cl. The number of unbranched alkanes of at least 4 members (excludes halogenated alkanes) is 10. The van der Waals surface area contributed by atoms with Crippen molar-refractivity contribution in [1.82, 2.24) is 10.7 Å². The predicted molar refractivity (Wildman–Crippen MR) is 121 cm³/mol. The number of rotatable bonds is 16. The maximum absolute atomic E-state index is 11.8. The highest BCUT2D eigenvalue weighted by Gasteiger charge is 2.04. The molecule has 0 aromatic heterocycles. The van der Waals surface area contributed by atoms with Crippen molar-refractivity contribution in [2.75, 3.05) is 6.54 Å². The number of amides is 2. The van der Waals surface area contributed by atoms with E-state index < -0.39 is 0 Å². The molecule has 0 bridgehead atoms. The minimum atomic E-state index is -0.361. The second kappa shape index (κ2) is 17.0. The molecule has 0 heterocycles. The minimum Gasteiger partial charge on any atom is -0.347 e. The average Bonchev–Trinajstić information content (AvgIpc) is 2.72. The first-order chi connectivity index (χ1) is 14.1. The van der Waals surface area contributed by atoms with E-state index >= 15 is 0 Å². The number of carbonyl (C=O) groups is 2. The summed E-state index contributed by atoms with van der Waals surface area (Å²) in [5.41, 5.74) is 3.10. The molecule has 2 amide bonds. The summed E-state index contributed by atoms with van der Waals surface area (Å²) in [6, 6.07) is 7.21. The Balaban J connectivity index is 1.97. The summed E-state index contributed by atoms with van der Waals surface area (Å²) < 4.78 is 0. The molecule has 1 rings (SSSR count). The molecule has 0 atom stereocenters. The van der Waals surface area contributed by atoms with Gasteiger partial charge in [-0.1, -0.05) is 101 Å². The Labute approximate surface area is 180 Å². The lowest BCUT2D eigenvalue weighted by Gasteiger charge is -2.05. The topological polar surface area (TPSA) is 70.6 Å². The highest BCUT2D eigenvalue weighted by Crippen LogP contribution is 2.12. The number of hydrogen-bond donors (Lipinski definition) is 2. The van der Waals surface area contributed by atoms with Gasteiger partial charge in [-0.2, -0.15) is 5.10 Å². The van der Waals surface area contributed by atoms with E-state index in [2.05, 4.69) is 22.8 Å². The number of carbonyl (C=O) groups excluding carboxylic acids is 2. The first-order valence-electron chi connectivity index (χ1n) is 11.0. The number of hydrogen-bond acceptors (Lipinski definition) is 3. The third kappa shape index (κ3) is 13.9. The van der Waals surface area contributed by atoms with Crippen molar-refractivity contribution in [3.05, 3.63) is 34.9 Å². The van der Waals surface area contributed by atoms with Crippen LogP contribution in [0.5, 0.6) is 0 Å². The Hall–Kier alpha value is -1.88. The van der Waals surface area contributed by atoms with Gasteiger partial charge in [0.25, 0.3) is 5.91 Å². The Morgan fingerprint density at radius 1 is 0.897 bits per heavy atom. The van der Waals surface area contributed by atoms with E-state index in [1.54, 1.807) is 12.1 Å². The molecule has 1 aromatic carbocycles. The van der Waals surface area contributed by atoms with Gasteiger partial charge in [-0.3, -0.25) is 9.59 Å². The third-order valence-electron chi connectivity index (χ3n) is 4.75. The van der Waals surface area contributed by atoms with E-state index in [1.165, 1.54) is 64.0 Å². The summed E-state index contributed by atoms with van der Waals surface area (Å²) in [5.74, 6) is -0.452. The predicted octanol–water partition coefficient (Wildman–Crippen LogP) is 5.61. The van der Waals surface area contributed by atoms with E-state index in [0.29, 0.717) is 11.4 Å². The highest BCUT2D eigenvalue weighted by atomic mass is 35.5. The third-order valence-corrected chi connectivity index (χ3v) is 5.10. The normalized spacial score (nSPS) is 11.0. The van der Waals surface area contributed by atoms with Crippen LogP contribution >= 0.6 is 11.6 Å². The fourth-order valence-corrected chi connectivity index (χ4v) is 3.19. The largest absolute Gasteiger partial charge is 0.347 e. The summed E-state index contributed by atoms with van der Waals surface area (Å²) >= 11 is 6.00. The van der Waals surface area contributed by atoms with Crippen molar-refractivity contribution in [2.45, 2.75) is 84.0 Å². The monoisotopic (exact) mass is 421 g/mol. The Kier molecular flexibility index (Phi) is 14.8. The fourth-order valence-electron chi connectivity index (χ4n) is 3.01. The molecule has 0 radical (unpaired) electrons. The smallest absolute Gasteiger partial charge is 0.259 e. The van der Waals surface area contributed by atoms with Gasteiger partial charge in [0.1, 0.15) is 0 Å². The molecular formula is C23H36ClN3O2. The van der Waals surface area contributed by atoms with Crippen LogP contribution in [0.2, 0.25) is 5.02 Å². The van der Waals surface area contributed by atoms with Crippen molar-refractivity contribution in [3.63, 3.8) is 0 Å². The molecule has 29 heavy (non-hydrogen) atoms. The van der Waals surface area contributed by atoms with Crippen molar-refractivity contribution < 1.29 is 9.59 Å². The summed E-state index contributed by atoms with van der Waals surface area (Å²) in [5, 5.41) is 7.04. The number of halogens is 1. The summed E-state index contributed by atoms with van der Waals surface area (Å²) in [7, 11) is 0. The molecular weight excluding hydrogens is 386 g/mol. The van der Waals surface area contributed by atoms with Gasteiger partial charge >= 0.3 is 0 Å². The standard InChI is InChI=1S/C23H36ClN3O2/c1-2-3-4-5-6-7-8-9-10-11-12-17-22(28)25-19-23(29)27-26-18-20-15-13-14-16-21(20)24/h13-16,18H,2-12,17,19H2,1H3,(H,25,28)(H,27,29)/b26-18-. The average molecular weight is 422 g/mol. The molecule has 0 aliphatic rings. The van der Waals surface area contributed by atoms with Crippen molar-refractivity contribution >= 4 is 29.6 Å². The van der Waals surface area contributed by atoms with E-state index in [9.17, 15) is 9.59 Å². The molecule has 0 aliphatic carbocycles. The maximum Gasteiger partial charge on any atom is 0.259 e. The molecule has 0 aliphatic heterocycles. The first-order valence-corrected chi connectivity index (χ1v) is 11.3. The van der Waals surface area contributed by atoms with E-state index in [4.69, 9.17) is 11.6 Å². The van der Waals surface area contributed by atoms with Gasteiger partial charge in [-0.05, 0) is 12.5 Å². The zero-order valence-corrected chi connectivity index (χ0v) is 18.5. The van der Waals surface area contributed by atoms with Crippen LogP contribution in [0.25, 0.3) is 0 Å². The van der Waals surface area contributed by atoms with Crippen LogP contribution in [-0.4, -0.2) is 24.6 Å². The van der Waals surface area contributed by atoms with Crippen LogP contribution in [0.3, 0.4) is 0 Å².